The van der Waals surface area contributed by atoms with Crippen molar-refractivity contribution in [3.05, 3.63) is 248 Å². The average Bonchev–Trinajstić information content (AvgIpc) is 3.39. The third-order valence-electron chi connectivity index (χ3n) is 14.3. The highest BCUT2D eigenvalue weighted by atomic mass is 15.2. The smallest absolute Gasteiger partial charge is 0.253 e. The van der Waals surface area contributed by atoms with Gasteiger partial charge in [0, 0.05) is 34.1 Å². The lowest BCUT2D eigenvalue weighted by atomic mass is 9.32. The van der Waals surface area contributed by atoms with Crippen molar-refractivity contribution in [1.29, 1.82) is 0 Å². The van der Waals surface area contributed by atoms with Gasteiger partial charge in [0.05, 0.1) is 0 Å². The molecule has 13 rings (SSSR count). The van der Waals surface area contributed by atoms with Crippen LogP contribution in [-0.4, -0.2) is 6.71 Å². The maximum atomic E-state index is 2.56. The molecule has 0 bridgehead atoms. The Hall–Kier alpha value is -8.40. The zero-order valence-corrected chi connectivity index (χ0v) is 37.5. The van der Waals surface area contributed by atoms with Crippen molar-refractivity contribution in [3.8, 4) is 44.5 Å². The van der Waals surface area contributed by atoms with Gasteiger partial charge in [-0.2, -0.15) is 0 Å². The van der Waals surface area contributed by atoms with Crippen LogP contribution in [0.1, 0.15) is 11.1 Å². The molecule has 2 nitrogen and oxygen atoms in total. The molecule has 314 valence electrons. The summed E-state index contributed by atoms with van der Waals surface area (Å²) >= 11 is 0. The Kier molecular flexibility index (Phi) is 9.11. The highest BCUT2D eigenvalue weighted by Gasteiger charge is 2.45. The maximum absolute atomic E-state index is 2.56. The summed E-state index contributed by atoms with van der Waals surface area (Å²) in [6, 6.07) is 87.7. The lowest BCUT2D eigenvalue weighted by Crippen LogP contribution is -2.61. The van der Waals surface area contributed by atoms with Gasteiger partial charge in [-0.05, 0) is 156 Å². The van der Waals surface area contributed by atoms with E-state index >= 15 is 0 Å². The Morgan fingerprint density at radius 2 is 0.657 bits per heavy atom. The molecular formula is C64H45BN2. The fraction of sp³-hybridized carbons (Fsp3) is 0.0312. The van der Waals surface area contributed by atoms with Gasteiger partial charge in [-0.25, -0.2) is 0 Å². The Morgan fingerprint density at radius 3 is 1.09 bits per heavy atom. The van der Waals surface area contributed by atoms with Gasteiger partial charge in [-0.15, -0.1) is 0 Å². The molecule has 2 aliphatic rings. The van der Waals surface area contributed by atoms with Crippen molar-refractivity contribution in [1.82, 2.24) is 0 Å². The first kappa shape index (κ1) is 39.0. The van der Waals surface area contributed by atoms with Crippen LogP contribution in [0.4, 0.5) is 34.1 Å². The quantitative estimate of drug-likeness (QED) is 0.154. The number of fused-ring (bicyclic) bond motifs is 8. The van der Waals surface area contributed by atoms with Crippen LogP contribution in [0.5, 0.6) is 0 Å². The van der Waals surface area contributed by atoms with Gasteiger partial charge in [0.2, 0.25) is 0 Å². The van der Waals surface area contributed by atoms with Crippen molar-refractivity contribution in [2.45, 2.75) is 13.8 Å². The Balaban J connectivity index is 1.13. The van der Waals surface area contributed by atoms with Crippen LogP contribution in [-0.2, 0) is 0 Å². The normalized spacial score (nSPS) is 12.5. The van der Waals surface area contributed by atoms with E-state index in [1.807, 2.05) is 0 Å². The largest absolute Gasteiger partial charge is 0.311 e. The van der Waals surface area contributed by atoms with E-state index < -0.39 is 0 Å². The van der Waals surface area contributed by atoms with E-state index in [0.717, 1.165) is 11.4 Å². The first-order valence-electron chi connectivity index (χ1n) is 23.4. The molecule has 0 saturated heterocycles. The predicted molar refractivity (Wildman–Crippen MR) is 287 cm³/mol. The third-order valence-corrected chi connectivity index (χ3v) is 14.3. The Morgan fingerprint density at radius 1 is 0.284 bits per heavy atom. The molecule has 67 heavy (non-hydrogen) atoms. The van der Waals surface area contributed by atoms with Crippen molar-refractivity contribution in [3.63, 3.8) is 0 Å². The molecule has 2 aliphatic heterocycles. The van der Waals surface area contributed by atoms with Crippen LogP contribution in [0, 0.1) is 13.8 Å². The summed E-state index contributed by atoms with van der Waals surface area (Å²) in [5.41, 5.74) is 23.3. The van der Waals surface area contributed by atoms with Crippen molar-refractivity contribution in [2.24, 2.45) is 0 Å². The first-order chi connectivity index (χ1) is 33.1. The molecule has 0 N–H and O–H groups in total. The molecular weight excluding hydrogens is 808 g/mol. The number of nitrogens with zero attached hydrogens (tertiary/aromatic N) is 2. The van der Waals surface area contributed by atoms with Crippen LogP contribution in [0.3, 0.4) is 0 Å². The number of rotatable bonds is 6. The Labute approximate surface area is 392 Å². The molecule has 0 amide bonds. The van der Waals surface area contributed by atoms with Gasteiger partial charge in [0.1, 0.15) is 0 Å². The molecule has 0 radical (unpaired) electrons. The fourth-order valence-electron chi connectivity index (χ4n) is 11.3. The molecule has 0 spiro atoms. The van der Waals surface area contributed by atoms with Gasteiger partial charge in [-0.3, -0.25) is 0 Å². The zero-order chi connectivity index (χ0) is 44.6. The summed E-state index contributed by atoms with van der Waals surface area (Å²) < 4.78 is 0. The monoisotopic (exact) mass is 852 g/mol. The van der Waals surface area contributed by atoms with Gasteiger partial charge in [0.15, 0.2) is 0 Å². The molecule has 0 atom stereocenters. The van der Waals surface area contributed by atoms with Gasteiger partial charge in [-0.1, -0.05) is 188 Å². The van der Waals surface area contributed by atoms with E-state index in [1.165, 1.54) is 116 Å². The molecule has 0 aliphatic carbocycles. The van der Waals surface area contributed by atoms with E-state index in [0.29, 0.717) is 0 Å². The second-order valence-electron chi connectivity index (χ2n) is 18.1. The lowest BCUT2D eigenvalue weighted by molar-refractivity contribution is 1.25. The molecule has 0 fully saturated rings. The van der Waals surface area contributed by atoms with Crippen molar-refractivity contribution < 1.29 is 0 Å². The van der Waals surface area contributed by atoms with Crippen LogP contribution < -0.4 is 26.2 Å². The number of anilines is 6. The number of aryl methyl sites for hydroxylation is 2. The standard InChI is InChI=1S/C64H45BN2/c1-42-38-51(46-20-10-5-11-21-46)39-43(2)61(42)52-40-59-64-60(41-52)67(54-34-28-48(29-35-54)45-18-8-4-9-19-45)58-37-31-50-23-13-15-25-56(50)63(58)65(64)62-55-24-14-12-22-49(55)30-36-57(62)66(59)53-32-26-47(27-33-53)44-16-6-3-7-17-44/h3-41H,1-2H3. The average molecular weight is 853 g/mol. The van der Waals surface area contributed by atoms with E-state index in [9.17, 15) is 0 Å². The SMILES string of the molecule is Cc1cc(-c2ccccc2)cc(C)c1-c1cc2c3c(c1)N(c1ccc(-c4ccccc4)cc1)c1ccc4ccccc4c1B3c1c(ccc3ccccc13)N2c1ccc(-c2ccccc2)cc1. The summed E-state index contributed by atoms with van der Waals surface area (Å²) in [5, 5.41) is 5.04. The van der Waals surface area contributed by atoms with E-state index in [2.05, 4.69) is 260 Å². The lowest BCUT2D eigenvalue weighted by Gasteiger charge is -2.45. The second-order valence-corrected chi connectivity index (χ2v) is 18.1. The topological polar surface area (TPSA) is 6.48 Å². The van der Waals surface area contributed by atoms with Crippen LogP contribution >= 0.6 is 0 Å². The third kappa shape index (κ3) is 6.34. The fourth-order valence-corrected chi connectivity index (χ4v) is 11.3. The maximum Gasteiger partial charge on any atom is 0.253 e. The highest BCUT2D eigenvalue weighted by molar-refractivity contribution is 7.03. The summed E-state index contributed by atoms with van der Waals surface area (Å²) in [4.78, 5) is 5.12. The molecule has 3 heteroatoms. The molecule has 2 heterocycles. The van der Waals surface area contributed by atoms with Crippen molar-refractivity contribution in [2.75, 3.05) is 9.80 Å². The van der Waals surface area contributed by atoms with Crippen LogP contribution in [0.25, 0.3) is 66.1 Å². The molecule has 0 saturated carbocycles. The minimum Gasteiger partial charge on any atom is -0.311 e. The van der Waals surface area contributed by atoms with Gasteiger partial charge < -0.3 is 9.80 Å². The Bertz CT molecular complexity index is 3480. The van der Waals surface area contributed by atoms with Gasteiger partial charge >= 0.3 is 0 Å². The van der Waals surface area contributed by atoms with E-state index in [4.69, 9.17) is 0 Å². The summed E-state index contributed by atoms with van der Waals surface area (Å²) in [6.07, 6.45) is 0. The zero-order valence-electron chi connectivity index (χ0n) is 37.5. The minimum atomic E-state index is -0.0522. The van der Waals surface area contributed by atoms with Gasteiger partial charge in [0.25, 0.3) is 6.71 Å². The summed E-state index contributed by atoms with van der Waals surface area (Å²) in [6.45, 7) is 4.51. The molecule has 11 aromatic carbocycles. The number of hydrogen-bond donors (Lipinski definition) is 0. The highest BCUT2D eigenvalue weighted by Crippen LogP contribution is 2.49. The minimum absolute atomic E-state index is 0.0522. The predicted octanol–water partition coefficient (Wildman–Crippen LogP) is 15.4. The van der Waals surface area contributed by atoms with Crippen LogP contribution in [0.2, 0.25) is 0 Å². The second kappa shape index (κ2) is 15.6. The van der Waals surface area contributed by atoms with Crippen LogP contribution in [0.15, 0.2) is 237 Å². The number of hydrogen-bond acceptors (Lipinski definition) is 2. The van der Waals surface area contributed by atoms with Crippen molar-refractivity contribution >= 4 is 78.8 Å². The molecule has 0 unspecified atom stereocenters. The molecule has 0 aromatic heterocycles. The molecule has 11 aromatic rings. The summed E-state index contributed by atoms with van der Waals surface area (Å²) in [5.74, 6) is 0. The number of benzene rings is 11. The first-order valence-corrected chi connectivity index (χ1v) is 23.4. The van der Waals surface area contributed by atoms with E-state index in [-0.39, 0.29) is 6.71 Å². The van der Waals surface area contributed by atoms with E-state index in [1.54, 1.807) is 0 Å². The summed E-state index contributed by atoms with van der Waals surface area (Å²) in [7, 11) is 0.